The molecule has 1 aromatic carbocycles. The number of hydrogen-bond acceptors (Lipinski definition) is 4. The Labute approximate surface area is 93.5 Å². The van der Waals surface area contributed by atoms with Crippen molar-refractivity contribution in [3.8, 4) is 5.75 Å². The van der Waals surface area contributed by atoms with Gasteiger partial charge in [-0.25, -0.2) is 13.6 Å². The van der Waals surface area contributed by atoms with Crippen LogP contribution in [0.15, 0.2) is 23.1 Å². The van der Waals surface area contributed by atoms with E-state index in [0.717, 1.165) is 0 Å². The molecule has 0 aromatic heterocycles. The molecule has 0 aliphatic carbocycles. The number of amides is 1. The quantitative estimate of drug-likeness (QED) is 0.798. The Morgan fingerprint density at radius 1 is 1.44 bits per heavy atom. The SMILES string of the molecule is COc1ccc(S(N)(=O)=O)cc1NC(C)=O. The highest BCUT2D eigenvalue weighted by Crippen LogP contribution is 2.26. The van der Waals surface area contributed by atoms with Crippen LogP contribution in [0.2, 0.25) is 0 Å². The minimum atomic E-state index is -3.79. The largest absolute Gasteiger partial charge is 0.495 e. The van der Waals surface area contributed by atoms with Gasteiger partial charge in [-0.1, -0.05) is 0 Å². The Balaban J connectivity index is 3.27. The maximum absolute atomic E-state index is 11.1. The highest BCUT2D eigenvalue weighted by atomic mass is 32.2. The van der Waals surface area contributed by atoms with Crippen molar-refractivity contribution >= 4 is 21.6 Å². The molecule has 88 valence electrons. The number of rotatable bonds is 3. The fourth-order valence-corrected chi connectivity index (χ4v) is 1.69. The summed E-state index contributed by atoms with van der Waals surface area (Å²) in [6.45, 7) is 1.31. The van der Waals surface area contributed by atoms with Crippen molar-refractivity contribution in [2.24, 2.45) is 5.14 Å². The topological polar surface area (TPSA) is 98.5 Å². The van der Waals surface area contributed by atoms with Gasteiger partial charge in [-0.3, -0.25) is 4.79 Å². The van der Waals surface area contributed by atoms with E-state index in [1.54, 1.807) is 0 Å². The standard InChI is InChI=1S/C9H12N2O4S/c1-6(12)11-8-5-7(16(10,13)14)3-4-9(8)15-2/h3-5H,1-2H3,(H,11,12)(H2,10,13,14). The molecule has 0 fully saturated rings. The van der Waals surface area contributed by atoms with Crippen molar-refractivity contribution in [3.05, 3.63) is 18.2 Å². The van der Waals surface area contributed by atoms with Gasteiger partial charge in [0.15, 0.2) is 0 Å². The van der Waals surface area contributed by atoms with Crippen molar-refractivity contribution in [2.75, 3.05) is 12.4 Å². The summed E-state index contributed by atoms with van der Waals surface area (Å²) >= 11 is 0. The van der Waals surface area contributed by atoms with Gasteiger partial charge in [0.05, 0.1) is 17.7 Å². The van der Waals surface area contributed by atoms with Crippen LogP contribution < -0.4 is 15.2 Å². The van der Waals surface area contributed by atoms with Gasteiger partial charge < -0.3 is 10.1 Å². The second-order valence-electron chi connectivity index (χ2n) is 3.09. The molecule has 1 amide bonds. The first-order valence-corrected chi connectivity index (χ1v) is 5.87. The van der Waals surface area contributed by atoms with E-state index < -0.39 is 10.0 Å². The molecular formula is C9H12N2O4S. The summed E-state index contributed by atoms with van der Waals surface area (Å²) in [5.74, 6) is 0.0347. The molecule has 0 bridgehead atoms. The number of primary sulfonamides is 1. The number of carbonyl (C=O) groups is 1. The zero-order chi connectivity index (χ0) is 12.3. The van der Waals surface area contributed by atoms with Gasteiger partial charge in [0, 0.05) is 6.92 Å². The first-order chi connectivity index (χ1) is 7.34. The van der Waals surface area contributed by atoms with Crippen LogP contribution in [0.25, 0.3) is 0 Å². The maximum atomic E-state index is 11.1. The summed E-state index contributed by atoms with van der Waals surface area (Å²) < 4.78 is 27.2. The van der Waals surface area contributed by atoms with Crippen LogP contribution in [0.4, 0.5) is 5.69 Å². The second kappa shape index (κ2) is 4.50. The number of benzene rings is 1. The normalized spacial score (nSPS) is 10.9. The minimum Gasteiger partial charge on any atom is -0.495 e. The molecule has 3 N–H and O–H groups in total. The highest BCUT2D eigenvalue weighted by molar-refractivity contribution is 7.89. The molecule has 0 spiro atoms. The van der Waals surface area contributed by atoms with Gasteiger partial charge in [0.25, 0.3) is 0 Å². The van der Waals surface area contributed by atoms with E-state index >= 15 is 0 Å². The minimum absolute atomic E-state index is 0.0861. The van der Waals surface area contributed by atoms with Crippen molar-refractivity contribution in [2.45, 2.75) is 11.8 Å². The van der Waals surface area contributed by atoms with E-state index in [1.165, 1.54) is 32.2 Å². The molecule has 6 nitrogen and oxygen atoms in total. The van der Waals surface area contributed by atoms with Crippen molar-refractivity contribution < 1.29 is 17.9 Å². The summed E-state index contributed by atoms with van der Waals surface area (Å²) in [6, 6.07) is 3.97. The smallest absolute Gasteiger partial charge is 0.238 e. The van der Waals surface area contributed by atoms with Crippen LogP contribution >= 0.6 is 0 Å². The molecule has 1 aromatic rings. The lowest BCUT2D eigenvalue weighted by Gasteiger charge is -2.09. The molecule has 0 saturated carbocycles. The van der Waals surface area contributed by atoms with E-state index in [2.05, 4.69) is 5.32 Å². The van der Waals surface area contributed by atoms with E-state index in [-0.39, 0.29) is 16.5 Å². The molecular weight excluding hydrogens is 232 g/mol. The number of anilines is 1. The van der Waals surface area contributed by atoms with Gasteiger partial charge in [-0.15, -0.1) is 0 Å². The van der Waals surface area contributed by atoms with Crippen LogP contribution in [-0.2, 0) is 14.8 Å². The molecule has 0 aliphatic rings. The lowest BCUT2D eigenvalue weighted by Crippen LogP contribution is -2.13. The summed E-state index contributed by atoms with van der Waals surface area (Å²) in [6.07, 6.45) is 0. The molecule has 0 saturated heterocycles. The van der Waals surface area contributed by atoms with Crippen molar-refractivity contribution in [1.82, 2.24) is 0 Å². The molecule has 0 aliphatic heterocycles. The first kappa shape index (κ1) is 12.5. The van der Waals surface area contributed by atoms with Gasteiger partial charge in [-0.2, -0.15) is 0 Å². The lowest BCUT2D eigenvalue weighted by atomic mass is 10.3. The fraction of sp³-hybridized carbons (Fsp3) is 0.222. The molecule has 0 unspecified atom stereocenters. The van der Waals surface area contributed by atoms with Crippen molar-refractivity contribution in [3.63, 3.8) is 0 Å². The summed E-state index contributed by atoms with van der Waals surface area (Å²) in [5.41, 5.74) is 0.265. The Morgan fingerprint density at radius 3 is 2.50 bits per heavy atom. The van der Waals surface area contributed by atoms with Crippen LogP contribution in [0, 0.1) is 0 Å². The molecule has 0 atom stereocenters. The van der Waals surface area contributed by atoms with Gasteiger partial charge in [-0.05, 0) is 18.2 Å². The van der Waals surface area contributed by atoms with E-state index in [0.29, 0.717) is 5.75 Å². The van der Waals surface area contributed by atoms with Crippen LogP contribution in [0.3, 0.4) is 0 Å². The zero-order valence-electron chi connectivity index (χ0n) is 8.85. The van der Waals surface area contributed by atoms with E-state index in [9.17, 15) is 13.2 Å². The molecule has 1 rings (SSSR count). The predicted octanol–water partition coefficient (Wildman–Crippen LogP) is 0.301. The van der Waals surface area contributed by atoms with Crippen LogP contribution in [-0.4, -0.2) is 21.4 Å². The Hall–Kier alpha value is -1.60. The average Bonchev–Trinajstić information content (AvgIpc) is 2.15. The van der Waals surface area contributed by atoms with Gasteiger partial charge in [0.1, 0.15) is 5.75 Å². The number of ether oxygens (including phenoxy) is 1. The molecule has 16 heavy (non-hydrogen) atoms. The third-order valence-electron chi connectivity index (χ3n) is 1.81. The van der Waals surface area contributed by atoms with E-state index in [4.69, 9.17) is 9.88 Å². The Morgan fingerprint density at radius 2 is 2.06 bits per heavy atom. The second-order valence-corrected chi connectivity index (χ2v) is 4.65. The highest BCUT2D eigenvalue weighted by Gasteiger charge is 2.12. The summed E-state index contributed by atoms with van der Waals surface area (Å²) in [5, 5.41) is 7.42. The fourth-order valence-electron chi connectivity index (χ4n) is 1.15. The number of nitrogens with two attached hydrogens (primary N) is 1. The Kier molecular flexibility index (Phi) is 3.51. The summed E-state index contributed by atoms with van der Waals surface area (Å²) in [4.78, 5) is 10.8. The number of carbonyl (C=O) groups excluding carboxylic acids is 1. The third-order valence-corrected chi connectivity index (χ3v) is 2.72. The number of hydrogen-bond donors (Lipinski definition) is 2. The van der Waals surface area contributed by atoms with Gasteiger partial charge in [0.2, 0.25) is 15.9 Å². The third kappa shape index (κ3) is 2.94. The molecule has 7 heteroatoms. The monoisotopic (exact) mass is 244 g/mol. The van der Waals surface area contributed by atoms with Crippen LogP contribution in [0.1, 0.15) is 6.92 Å². The maximum Gasteiger partial charge on any atom is 0.238 e. The van der Waals surface area contributed by atoms with Crippen LogP contribution in [0.5, 0.6) is 5.75 Å². The lowest BCUT2D eigenvalue weighted by molar-refractivity contribution is -0.114. The Bertz CT molecular complexity index is 510. The number of sulfonamides is 1. The number of nitrogens with one attached hydrogen (secondary N) is 1. The first-order valence-electron chi connectivity index (χ1n) is 4.33. The van der Waals surface area contributed by atoms with Gasteiger partial charge >= 0.3 is 0 Å². The average molecular weight is 244 g/mol. The molecule has 0 heterocycles. The van der Waals surface area contributed by atoms with Crippen molar-refractivity contribution in [1.29, 1.82) is 0 Å². The zero-order valence-corrected chi connectivity index (χ0v) is 9.67. The van der Waals surface area contributed by atoms with E-state index in [1.807, 2.05) is 0 Å². The summed E-state index contributed by atoms with van der Waals surface area (Å²) in [7, 11) is -2.38. The molecule has 0 radical (unpaired) electrons. The predicted molar refractivity (Wildman–Crippen MR) is 58.7 cm³/mol. The number of methoxy groups -OCH3 is 1.